The molecule has 1 spiro atoms. The van der Waals surface area contributed by atoms with Crippen LogP contribution in [0.5, 0.6) is 0 Å². The molecular formula is C9H17N2. The lowest BCUT2D eigenvalue weighted by Crippen LogP contribution is -2.48. The van der Waals surface area contributed by atoms with Crippen LogP contribution in [0.3, 0.4) is 0 Å². The van der Waals surface area contributed by atoms with E-state index in [0.29, 0.717) is 5.41 Å². The summed E-state index contributed by atoms with van der Waals surface area (Å²) in [5.74, 6) is 0. The summed E-state index contributed by atoms with van der Waals surface area (Å²) in [6.45, 7) is 2.08. The molecule has 2 rings (SSSR count). The van der Waals surface area contributed by atoms with Crippen molar-refractivity contribution in [1.29, 1.82) is 0 Å². The maximum Gasteiger partial charge on any atom is 0.0394 e. The summed E-state index contributed by atoms with van der Waals surface area (Å²) in [4.78, 5) is 0. The van der Waals surface area contributed by atoms with Crippen molar-refractivity contribution >= 4 is 0 Å². The van der Waals surface area contributed by atoms with Gasteiger partial charge < -0.3 is 5.32 Å². The Bertz CT molecular complexity index is 138. The molecule has 1 atom stereocenters. The lowest BCUT2D eigenvalue weighted by molar-refractivity contribution is 0.168. The molecule has 1 unspecified atom stereocenters. The van der Waals surface area contributed by atoms with Gasteiger partial charge in [-0.05, 0) is 31.2 Å². The zero-order valence-corrected chi connectivity index (χ0v) is 7.03. The van der Waals surface area contributed by atoms with E-state index in [2.05, 4.69) is 5.32 Å². The van der Waals surface area contributed by atoms with Crippen LogP contribution in [0, 0.1) is 5.41 Å². The van der Waals surface area contributed by atoms with Crippen LogP contribution in [0.15, 0.2) is 0 Å². The molecule has 2 nitrogen and oxygen atoms in total. The standard InChI is InChI=1S/C9H17N2/c10-8-7-11-6-5-9(8)3-1-2-4-9/h8,10-11H,1-7H2. The number of hydrogen-bond donors (Lipinski definition) is 1. The van der Waals surface area contributed by atoms with Gasteiger partial charge in [0, 0.05) is 12.6 Å². The van der Waals surface area contributed by atoms with Gasteiger partial charge in [0.1, 0.15) is 0 Å². The highest BCUT2D eigenvalue weighted by Gasteiger charge is 2.40. The van der Waals surface area contributed by atoms with E-state index < -0.39 is 0 Å². The summed E-state index contributed by atoms with van der Waals surface area (Å²) >= 11 is 0. The van der Waals surface area contributed by atoms with Crippen molar-refractivity contribution in [2.24, 2.45) is 5.41 Å². The molecule has 1 saturated carbocycles. The zero-order chi connectivity index (χ0) is 7.73. The van der Waals surface area contributed by atoms with Crippen LogP contribution < -0.4 is 11.1 Å². The summed E-state index contributed by atoms with van der Waals surface area (Å²) in [6, 6.07) is 0.179. The smallest absolute Gasteiger partial charge is 0.0394 e. The Kier molecular flexibility index (Phi) is 1.90. The molecule has 63 valence electrons. The highest BCUT2D eigenvalue weighted by Crippen LogP contribution is 2.44. The van der Waals surface area contributed by atoms with Crippen molar-refractivity contribution < 1.29 is 0 Å². The Labute approximate surface area is 68.5 Å². The molecule has 1 aliphatic carbocycles. The number of hydrogen-bond acceptors (Lipinski definition) is 1. The first kappa shape index (κ1) is 7.56. The molecule has 1 heterocycles. The van der Waals surface area contributed by atoms with Crippen molar-refractivity contribution in [1.82, 2.24) is 11.1 Å². The van der Waals surface area contributed by atoms with Crippen molar-refractivity contribution in [2.45, 2.75) is 38.1 Å². The lowest BCUT2D eigenvalue weighted by atomic mass is 9.74. The van der Waals surface area contributed by atoms with Gasteiger partial charge in [-0.1, -0.05) is 12.8 Å². The molecule has 2 aliphatic rings. The third kappa shape index (κ3) is 1.18. The van der Waals surface area contributed by atoms with Crippen LogP contribution in [0.25, 0.3) is 0 Å². The topological polar surface area (TPSA) is 35.8 Å². The zero-order valence-electron chi connectivity index (χ0n) is 7.03. The van der Waals surface area contributed by atoms with Crippen molar-refractivity contribution in [3.63, 3.8) is 0 Å². The van der Waals surface area contributed by atoms with Gasteiger partial charge >= 0.3 is 0 Å². The molecule has 2 heteroatoms. The number of rotatable bonds is 0. The van der Waals surface area contributed by atoms with Gasteiger partial charge in [-0.25, -0.2) is 0 Å². The minimum atomic E-state index is 0.179. The fourth-order valence-corrected chi connectivity index (χ4v) is 2.65. The van der Waals surface area contributed by atoms with Crippen LogP contribution >= 0.6 is 0 Å². The summed E-state index contributed by atoms with van der Waals surface area (Å²) in [6.07, 6.45) is 6.64. The fraction of sp³-hybridized carbons (Fsp3) is 1.00. The van der Waals surface area contributed by atoms with E-state index in [1.165, 1.54) is 32.1 Å². The second-order valence-corrected chi connectivity index (χ2v) is 4.08. The lowest BCUT2D eigenvalue weighted by Gasteiger charge is -2.39. The van der Waals surface area contributed by atoms with E-state index in [1.54, 1.807) is 0 Å². The van der Waals surface area contributed by atoms with Crippen molar-refractivity contribution in [3.05, 3.63) is 0 Å². The summed E-state index contributed by atoms with van der Waals surface area (Å²) in [7, 11) is 0. The predicted octanol–water partition coefficient (Wildman–Crippen LogP) is 1.19. The van der Waals surface area contributed by atoms with E-state index in [0.717, 1.165) is 13.1 Å². The molecule has 0 aromatic heterocycles. The molecule has 1 radical (unpaired) electrons. The SMILES string of the molecule is [NH]C1CNCCC12CCCC2. The van der Waals surface area contributed by atoms with Crippen LogP contribution in [-0.2, 0) is 0 Å². The van der Waals surface area contributed by atoms with Crippen LogP contribution in [0.1, 0.15) is 32.1 Å². The van der Waals surface area contributed by atoms with E-state index in [1.807, 2.05) is 0 Å². The molecule has 0 aromatic rings. The molecule has 2 fully saturated rings. The average Bonchev–Trinajstić information content (AvgIpc) is 2.46. The molecule has 1 aliphatic heterocycles. The maximum absolute atomic E-state index is 7.95. The minimum absolute atomic E-state index is 0.179. The van der Waals surface area contributed by atoms with Crippen molar-refractivity contribution in [3.8, 4) is 0 Å². The Hall–Kier alpha value is -0.0800. The van der Waals surface area contributed by atoms with Crippen molar-refractivity contribution in [2.75, 3.05) is 13.1 Å². The summed E-state index contributed by atoms with van der Waals surface area (Å²) in [5, 5.41) is 3.30. The average molecular weight is 153 g/mol. The first-order chi connectivity index (χ1) is 5.33. The van der Waals surface area contributed by atoms with E-state index in [4.69, 9.17) is 5.73 Å². The first-order valence-corrected chi connectivity index (χ1v) is 4.75. The molecule has 0 bridgehead atoms. The highest BCUT2D eigenvalue weighted by molar-refractivity contribution is 4.96. The Morgan fingerprint density at radius 3 is 2.55 bits per heavy atom. The Morgan fingerprint density at radius 1 is 1.18 bits per heavy atom. The van der Waals surface area contributed by atoms with Gasteiger partial charge in [-0.3, -0.25) is 5.73 Å². The molecule has 0 aromatic carbocycles. The first-order valence-electron chi connectivity index (χ1n) is 4.75. The third-order valence-electron chi connectivity index (χ3n) is 3.49. The molecular weight excluding hydrogens is 136 g/mol. The molecule has 1 saturated heterocycles. The quantitative estimate of drug-likeness (QED) is 0.557. The summed E-state index contributed by atoms with van der Waals surface area (Å²) in [5.41, 5.74) is 8.39. The van der Waals surface area contributed by atoms with Crippen LogP contribution in [0.4, 0.5) is 0 Å². The molecule has 0 amide bonds. The van der Waals surface area contributed by atoms with Gasteiger partial charge in [0.15, 0.2) is 0 Å². The minimum Gasteiger partial charge on any atom is -0.315 e. The monoisotopic (exact) mass is 153 g/mol. The molecule has 2 N–H and O–H groups in total. The summed E-state index contributed by atoms with van der Waals surface area (Å²) < 4.78 is 0. The van der Waals surface area contributed by atoms with Gasteiger partial charge in [-0.15, -0.1) is 0 Å². The second kappa shape index (κ2) is 2.76. The normalized spacial score (nSPS) is 36.3. The predicted molar refractivity (Wildman–Crippen MR) is 45.3 cm³/mol. The van der Waals surface area contributed by atoms with E-state index >= 15 is 0 Å². The van der Waals surface area contributed by atoms with E-state index in [-0.39, 0.29) is 6.04 Å². The number of nitrogens with one attached hydrogen (secondary N) is 2. The van der Waals surface area contributed by atoms with Crippen LogP contribution in [0.2, 0.25) is 0 Å². The van der Waals surface area contributed by atoms with Gasteiger partial charge in [-0.2, -0.15) is 0 Å². The highest BCUT2D eigenvalue weighted by atomic mass is 14.9. The largest absolute Gasteiger partial charge is 0.315 e. The fourth-order valence-electron chi connectivity index (χ4n) is 2.65. The van der Waals surface area contributed by atoms with Gasteiger partial charge in [0.25, 0.3) is 0 Å². The third-order valence-corrected chi connectivity index (χ3v) is 3.49. The second-order valence-electron chi connectivity index (χ2n) is 4.08. The Morgan fingerprint density at radius 2 is 1.91 bits per heavy atom. The molecule has 11 heavy (non-hydrogen) atoms. The van der Waals surface area contributed by atoms with Gasteiger partial charge in [0.05, 0.1) is 0 Å². The number of piperidine rings is 1. The van der Waals surface area contributed by atoms with Gasteiger partial charge in [0.2, 0.25) is 0 Å². The Balaban J connectivity index is 2.07. The maximum atomic E-state index is 7.95. The van der Waals surface area contributed by atoms with E-state index in [9.17, 15) is 0 Å². The van der Waals surface area contributed by atoms with Crippen LogP contribution in [-0.4, -0.2) is 19.1 Å².